The molecule has 1 aromatic rings. The Kier molecular flexibility index (Phi) is 4.67. The molecule has 0 aromatic heterocycles. The van der Waals surface area contributed by atoms with E-state index in [0.29, 0.717) is 17.7 Å². The Morgan fingerprint density at radius 1 is 1.50 bits per heavy atom. The fourth-order valence-corrected chi connectivity index (χ4v) is 1.37. The van der Waals surface area contributed by atoms with Crippen molar-refractivity contribution in [2.45, 2.75) is 39.3 Å². The lowest BCUT2D eigenvalue weighted by molar-refractivity contribution is 0.318. The van der Waals surface area contributed by atoms with Crippen LogP contribution in [0, 0.1) is 5.82 Å². The van der Waals surface area contributed by atoms with Crippen LogP contribution in [0.2, 0.25) is 0 Å². The molecule has 5 heteroatoms. The number of hydrogen-bond acceptors (Lipinski definition) is 3. The number of rotatable bonds is 5. The van der Waals surface area contributed by atoms with Crippen LogP contribution in [0.3, 0.4) is 0 Å². The number of halogens is 1. The number of nitrogens with two attached hydrogens (primary N) is 1. The average Bonchev–Trinajstić information content (AvgIpc) is 2.36. The van der Waals surface area contributed by atoms with Crippen LogP contribution in [-0.2, 0) is 6.54 Å². The number of hydrogen-bond donors (Lipinski definition) is 3. The molecule has 1 rings (SSSR count). The molecule has 0 atom stereocenters. The molecule has 0 saturated carbocycles. The monoisotopic (exact) mass is 253 g/mol. The topological polar surface area (TPSA) is 70.6 Å². The lowest BCUT2D eigenvalue weighted by Crippen LogP contribution is -2.38. The van der Waals surface area contributed by atoms with Gasteiger partial charge in [-0.2, -0.15) is 0 Å². The third kappa shape index (κ3) is 3.70. The van der Waals surface area contributed by atoms with Crippen LogP contribution in [0.25, 0.3) is 0 Å². The van der Waals surface area contributed by atoms with Gasteiger partial charge in [0.05, 0.1) is 0 Å². The Morgan fingerprint density at radius 3 is 2.67 bits per heavy atom. The van der Waals surface area contributed by atoms with Gasteiger partial charge in [-0.25, -0.2) is 4.39 Å². The smallest absolute Gasteiger partial charge is 0.170 e. The molecular formula is C13H20FN3O. The predicted molar refractivity (Wildman–Crippen MR) is 70.1 cm³/mol. The Labute approximate surface area is 107 Å². The lowest BCUT2D eigenvalue weighted by atomic mass is 10.0. The van der Waals surface area contributed by atoms with Gasteiger partial charge in [0, 0.05) is 23.2 Å². The Morgan fingerprint density at radius 2 is 2.17 bits per heavy atom. The van der Waals surface area contributed by atoms with Crippen molar-refractivity contribution >= 4 is 5.84 Å². The van der Waals surface area contributed by atoms with Gasteiger partial charge in [0.1, 0.15) is 5.82 Å². The van der Waals surface area contributed by atoms with Crippen molar-refractivity contribution < 1.29 is 9.60 Å². The van der Waals surface area contributed by atoms with Crippen LogP contribution in [0.5, 0.6) is 0 Å². The van der Waals surface area contributed by atoms with E-state index in [1.807, 2.05) is 0 Å². The molecule has 0 saturated heterocycles. The zero-order chi connectivity index (χ0) is 13.8. The highest BCUT2D eigenvalue weighted by Gasteiger charge is 2.15. The van der Waals surface area contributed by atoms with Gasteiger partial charge in [-0.15, -0.1) is 0 Å². The van der Waals surface area contributed by atoms with E-state index in [1.54, 1.807) is 12.1 Å². The van der Waals surface area contributed by atoms with Crippen molar-refractivity contribution in [3.63, 3.8) is 0 Å². The maximum atomic E-state index is 13.8. The summed E-state index contributed by atoms with van der Waals surface area (Å²) in [5.74, 6) is -0.458. The summed E-state index contributed by atoms with van der Waals surface area (Å²) < 4.78 is 13.8. The molecular weight excluding hydrogens is 233 g/mol. The summed E-state index contributed by atoms with van der Waals surface area (Å²) in [6, 6.07) is 4.54. The molecule has 0 heterocycles. The van der Waals surface area contributed by atoms with Crippen molar-refractivity contribution in [2.75, 3.05) is 0 Å². The van der Waals surface area contributed by atoms with Gasteiger partial charge >= 0.3 is 0 Å². The maximum Gasteiger partial charge on any atom is 0.170 e. The second-order valence-electron chi connectivity index (χ2n) is 4.88. The highest BCUT2D eigenvalue weighted by molar-refractivity contribution is 5.97. The van der Waals surface area contributed by atoms with E-state index in [4.69, 9.17) is 10.9 Å². The van der Waals surface area contributed by atoms with Crippen molar-refractivity contribution in [3.05, 3.63) is 35.1 Å². The molecule has 100 valence electrons. The van der Waals surface area contributed by atoms with Crippen LogP contribution < -0.4 is 11.1 Å². The molecule has 0 fully saturated rings. The summed E-state index contributed by atoms with van der Waals surface area (Å²) in [6.45, 7) is 6.65. The number of benzene rings is 1. The molecule has 0 unspecified atom stereocenters. The summed E-state index contributed by atoms with van der Waals surface area (Å²) in [7, 11) is 0. The highest BCUT2D eigenvalue weighted by atomic mass is 19.1. The van der Waals surface area contributed by atoms with Gasteiger partial charge in [0.25, 0.3) is 0 Å². The van der Waals surface area contributed by atoms with Crippen molar-refractivity contribution in [1.29, 1.82) is 0 Å². The minimum absolute atomic E-state index is 0.0311. The second kappa shape index (κ2) is 5.82. The van der Waals surface area contributed by atoms with Gasteiger partial charge in [-0.05, 0) is 26.3 Å². The quantitative estimate of drug-likeness (QED) is 0.326. The fourth-order valence-electron chi connectivity index (χ4n) is 1.37. The van der Waals surface area contributed by atoms with Crippen LogP contribution >= 0.6 is 0 Å². The van der Waals surface area contributed by atoms with Gasteiger partial charge in [-0.1, -0.05) is 24.2 Å². The van der Waals surface area contributed by atoms with Crippen LogP contribution in [0.1, 0.15) is 38.3 Å². The van der Waals surface area contributed by atoms with Crippen molar-refractivity contribution in [1.82, 2.24) is 5.32 Å². The Hall–Kier alpha value is -1.62. The largest absolute Gasteiger partial charge is 0.409 e. The SMILES string of the molecule is CCC(C)(C)NCc1ccc(C(N)=NO)cc1F. The molecule has 0 radical (unpaired) electrons. The van der Waals surface area contributed by atoms with E-state index < -0.39 is 0 Å². The Bertz CT molecular complexity index is 444. The van der Waals surface area contributed by atoms with E-state index in [1.165, 1.54) is 6.07 Å². The van der Waals surface area contributed by atoms with Crippen molar-refractivity contribution in [3.8, 4) is 0 Å². The number of amidine groups is 1. The first-order valence-corrected chi connectivity index (χ1v) is 5.91. The highest BCUT2D eigenvalue weighted by Crippen LogP contribution is 2.13. The molecule has 0 spiro atoms. The molecule has 0 aliphatic rings. The fraction of sp³-hybridized carbons (Fsp3) is 0.462. The number of oxime groups is 1. The standard InChI is InChI=1S/C13H20FN3O/c1-4-13(2,3)16-8-10-6-5-9(7-11(10)14)12(15)17-18/h5-7,16,18H,4,8H2,1-3H3,(H2,15,17). The molecule has 0 bridgehead atoms. The molecule has 4 nitrogen and oxygen atoms in total. The van der Waals surface area contributed by atoms with Gasteiger partial charge in [-0.3, -0.25) is 0 Å². The van der Waals surface area contributed by atoms with E-state index in [9.17, 15) is 4.39 Å². The molecule has 18 heavy (non-hydrogen) atoms. The van der Waals surface area contributed by atoms with E-state index >= 15 is 0 Å². The molecule has 0 aliphatic heterocycles. The zero-order valence-corrected chi connectivity index (χ0v) is 11.0. The minimum Gasteiger partial charge on any atom is -0.409 e. The van der Waals surface area contributed by atoms with Gasteiger partial charge < -0.3 is 16.3 Å². The van der Waals surface area contributed by atoms with E-state index in [0.717, 1.165) is 6.42 Å². The predicted octanol–water partition coefficient (Wildman–Crippen LogP) is 2.20. The molecule has 4 N–H and O–H groups in total. The van der Waals surface area contributed by atoms with Gasteiger partial charge in [0.15, 0.2) is 5.84 Å². The van der Waals surface area contributed by atoms with Crippen LogP contribution in [-0.4, -0.2) is 16.6 Å². The maximum absolute atomic E-state index is 13.8. The first-order chi connectivity index (χ1) is 8.39. The first kappa shape index (κ1) is 14.4. The summed E-state index contributed by atoms with van der Waals surface area (Å²) >= 11 is 0. The first-order valence-electron chi connectivity index (χ1n) is 5.91. The Balaban J connectivity index is 2.81. The second-order valence-corrected chi connectivity index (χ2v) is 4.88. The molecule has 0 amide bonds. The average molecular weight is 253 g/mol. The molecule has 1 aromatic carbocycles. The normalized spacial score (nSPS) is 12.8. The summed E-state index contributed by atoms with van der Waals surface area (Å²) in [6.07, 6.45) is 0.955. The lowest BCUT2D eigenvalue weighted by Gasteiger charge is -2.24. The summed E-state index contributed by atoms with van der Waals surface area (Å²) in [5.41, 5.74) is 6.29. The number of nitrogens with zero attached hydrogens (tertiary/aromatic N) is 1. The van der Waals surface area contributed by atoms with E-state index in [-0.39, 0.29) is 17.2 Å². The van der Waals surface area contributed by atoms with Crippen molar-refractivity contribution in [2.24, 2.45) is 10.9 Å². The summed E-state index contributed by atoms with van der Waals surface area (Å²) in [5, 5.41) is 14.6. The van der Waals surface area contributed by atoms with Crippen LogP contribution in [0.4, 0.5) is 4.39 Å². The third-order valence-corrected chi connectivity index (χ3v) is 3.10. The van der Waals surface area contributed by atoms with Gasteiger partial charge in [0.2, 0.25) is 0 Å². The minimum atomic E-state index is -0.362. The summed E-state index contributed by atoms with van der Waals surface area (Å²) in [4.78, 5) is 0. The zero-order valence-electron chi connectivity index (χ0n) is 11.0. The van der Waals surface area contributed by atoms with Crippen LogP contribution in [0.15, 0.2) is 23.4 Å². The molecule has 0 aliphatic carbocycles. The third-order valence-electron chi connectivity index (χ3n) is 3.10. The number of nitrogens with one attached hydrogen (secondary N) is 1. The van der Waals surface area contributed by atoms with E-state index in [2.05, 4.69) is 31.2 Å².